The van der Waals surface area contributed by atoms with Crippen molar-refractivity contribution in [2.24, 2.45) is 7.05 Å². The smallest absolute Gasteiger partial charge is 0.318 e. The van der Waals surface area contributed by atoms with Gasteiger partial charge >= 0.3 is 6.03 Å². The number of hydrogen-bond donors (Lipinski definition) is 2. The van der Waals surface area contributed by atoms with Gasteiger partial charge in [0, 0.05) is 44.5 Å². The number of rotatable bonds is 4. The second-order valence-electron chi connectivity index (χ2n) is 8.76. The van der Waals surface area contributed by atoms with Crippen LogP contribution in [0.4, 0.5) is 15.0 Å². The van der Waals surface area contributed by atoms with Crippen molar-refractivity contribution in [3.05, 3.63) is 60.4 Å². The molecule has 4 aromatic rings. The summed E-state index contributed by atoms with van der Waals surface area (Å²) in [5.41, 5.74) is 3.55. The molecular formula is C24H27FN8O. The fraction of sp³-hybridized carbons (Fsp3) is 0.333. The lowest BCUT2D eigenvalue weighted by molar-refractivity contribution is 0.168. The Hall–Kier alpha value is -3.95. The minimum atomic E-state index is -0.291. The van der Waals surface area contributed by atoms with E-state index in [2.05, 4.69) is 36.3 Å². The first-order valence-corrected chi connectivity index (χ1v) is 11.3. The molecule has 1 aliphatic heterocycles. The summed E-state index contributed by atoms with van der Waals surface area (Å²) in [6, 6.07) is 7.89. The molecule has 0 aliphatic carbocycles. The average molecular weight is 463 g/mol. The Labute approximate surface area is 196 Å². The summed E-state index contributed by atoms with van der Waals surface area (Å²) < 4.78 is 15.0. The number of benzene rings is 1. The fourth-order valence-electron chi connectivity index (χ4n) is 4.45. The molecule has 5 rings (SSSR count). The van der Waals surface area contributed by atoms with Crippen molar-refractivity contribution in [1.29, 1.82) is 0 Å². The van der Waals surface area contributed by atoms with E-state index in [0.717, 1.165) is 33.7 Å². The van der Waals surface area contributed by atoms with Crippen LogP contribution in [0, 0.1) is 5.82 Å². The maximum atomic E-state index is 13.2. The van der Waals surface area contributed by atoms with Crippen LogP contribution in [0.2, 0.25) is 0 Å². The van der Waals surface area contributed by atoms with Crippen LogP contribution >= 0.6 is 0 Å². The number of anilines is 1. The predicted molar refractivity (Wildman–Crippen MR) is 128 cm³/mol. The van der Waals surface area contributed by atoms with E-state index < -0.39 is 0 Å². The summed E-state index contributed by atoms with van der Waals surface area (Å²) in [7, 11) is 1.88. The standard InChI is InChI=1S/C24H27FN8O/c1-15-12-32(8-9-33(15)24(34)29-16(2)17-4-6-19(25)7-5-17)23-20-10-21(18-11-28-31(3)13-18)30-22(20)26-14-27-23/h4-7,10-11,13-16H,8-9,12H2,1-3H3,(H,29,34)(H,26,27,30)/t15-,16+/m1/s1. The largest absolute Gasteiger partial charge is 0.352 e. The van der Waals surface area contributed by atoms with Gasteiger partial charge in [-0.3, -0.25) is 4.68 Å². The summed E-state index contributed by atoms with van der Waals surface area (Å²) >= 11 is 0. The highest BCUT2D eigenvalue weighted by atomic mass is 19.1. The molecule has 0 radical (unpaired) electrons. The van der Waals surface area contributed by atoms with Gasteiger partial charge in [-0.2, -0.15) is 5.10 Å². The second-order valence-corrected chi connectivity index (χ2v) is 8.76. The van der Waals surface area contributed by atoms with E-state index in [1.54, 1.807) is 23.1 Å². The molecule has 2 amide bonds. The van der Waals surface area contributed by atoms with Crippen molar-refractivity contribution >= 4 is 22.9 Å². The van der Waals surface area contributed by atoms with Crippen molar-refractivity contribution in [2.45, 2.75) is 25.9 Å². The molecule has 34 heavy (non-hydrogen) atoms. The van der Waals surface area contributed by atoms with Gasteiger partial charge in [0.25, 0.3) is 0 Å². The number of H-pyrrole nitrogens is 1. The van der Waals surface area contributed by atoms with E-state index in [9.17, 15) is 9.18 Å². The van der Waals surface area contributed by atoms with Gasteiger partial charge < -0.3 is 20.1 Å². The summed E-state index contributed by atoms with van der Waals surface area (Å²) in [5.74, 6) is 0.559. The van der Waals surface area contributed by atoms with E-state index in [1.807, 2.05) is 38.2 Å². The Kier molecular flexibility index (Phi) is 5.64. The molecular weight excluding hydrogens is 435 g/mol. The molecule has 4 heterocycles. The lowest BCUT2D eigenvalue weighted by atomic mass is 10.1. The fourth-order valence-corrected chi connectivity index (χ4v) is 4.45. The number of aromatic nitrogens is 5. The highest BCUT2D eigenvalue weighted by molar-refractivity contribution is 5.92. The third-order valence-electron chi connectivity index (χ3n) is 6.32. The van der Waals surface area contributed by atoms with E-state index in [0.29, 0.717) is 19.6 Å². The number of hydrogen-bond acceptors (Lipinski definition) is 5. The maximum absolute atomic E-state index is 13.2. The second kappa shape index (κ2) is 8.77. The number of fused-ring (bicyclic) bond motifs is 1. The molecule has 0 unspecified atom stereocenters. The number of piperazine rings is 1. The van der Waals surface area contributed by atoms with Crippen molar-refractivity contribution in [1.82, 2.24) is 34.9 Å². The van der Waals surface area contributed by atoms with Crippen LogP contribution in [0.5, 0.6) is 0 Å². The van der Waals surface area contributed by atoms with Gasteiger partial charge in [0.1, 0.15) is 23.6 Å². The summed E-state index contributed by atoms with van der Waals surface area (Å²) in [6.45, 7) is 5.80. The molecule has 1 aromatic carbocycles. The zero-order valence-electron chi connectivity index (χ0n) is 19.4. The van der Waals surface area contributed by atoms with Crippen molar-refractivity contribution in [3.8, 4) is 11.3 Å². The first-order chi connectivity index (χ1) is 16.4. The Bertz CT molecular complexity index is 1310. The van der Waals surface area contributed by atoms with Gasteiger partial charge in [0.05, 0.1) is 23.3 Å². The van der Waals surface area contributed by atoms with Crippen LogP contribution in [-0.2, 0) is 7.05 Å². The van der Waals surface area contributed by atoms with Gasteiger partial charge in [-0.05, 0) is 37.6 Å². The summed E-state index contributed by atoms with van der Waals surface area (Å²) in [4.78, 5) is 29.3. The van der Waals surface area contributed by atoms with E-state index in [1.165, 1.54) is 12.1 Å². The number of amides is 2. The molecule has 2 atom stereocenters. The summed E-state index contributed by atoms with van der Waals surface area (Å²) in [5, 5.41) is 8.22. The number of aryl methyl sites for hydroxylation is 1. The van der Waals surface area contributed by atoms with Gasteiger partial charge in [-0.25, -0.2) is 19.2 Å². The number of halogens is 1. The highest BCUT2D eigenvalue weighted by Gasteiger charge is 2.30. The molecule has 9 nitrogen and oxygen atoms in total. The third-order valence-corrected chi connectivity index (χ3v) is 6.32. The molecule has 176 valence electrons. The SMILES string of the molecule is C[C@H](NC(=O)N1CCN(c2ncnc3[nH]c(-c4cnn(C)c4)cc23)C[C@H]1C)c1ccc(F)cc1. The third kappa shape index (κ3) is 4.18. The minimum Gasteiger partial charge on any atom is -0.352 e. The van der Waals surface area contributed by atoms with E-state index in [-0.39, 0.29) is 23.9 Å². The Morgan fingerprint density at radius 2 is 2.03 bits per heavy atom. The number of carbonyl (C=O) groups excluding carboxylic acids is 1. The number of carbonyl (C=O) groups is 1. The molecule has 3 aromatic heterocycles. The zero-order chi connectivity index (χ0) is 23.8. The van der Waals surface area contributed by atoms with Crippen molar-refractivity contribution < 1.29 is 9.18 Å². The van der Waals surface area contributed by atoms with Crippen LogP contribution in [0.3, 0.4) is 0 Å². The Morgan fingerprint density at radius 1 is 1.24 bits per heavy atom. The van der Waals surface area contributed by atoms with Crippen molar-refractivity contribution in [3.63, 3.8) is 0 Å². The van der Waals surface area contributed by atoms with Gasteiger partial charge in [-0.1, -0.05) is 12.1 Å². The molecule has 2 N–H and O–H groups in total. The Morgan fingerprint density at radius 3 is 2.74 bits per heavy atom. The highest BCUT2D eigenvalue weighted by Crippen LogP contribution is 2.29. The molecule has 1 saturated heterocycles. The first kappa shape index (κ1) is 21.9. The van der Waals surface area contributed by atoms with Crippen LogP contribution in [0.25, 0.3) is 22.3 Å². The lowest BCUT2D eigenvalue weighted by Gasteiger charge is -2.40. The van der Waals surface area contributed by atoms with Crippen LogP contribution in [0.15, 0.2) is 49.1 Å². The Balaban J connectivity index is 1.29. The van der Waals surface area contributed by atoms with Crippen LogP contribution < -0.4 is 10.2 Å². The molecule has 1 aliphatic rings. The minimum absolute atomic E-state index is 0.0177. The normalized spacial score (nSPS) is 17.2. The van der Waals surface area contributed by atoms with Crippen LogP contribution in [0.1, 0.15) is 25.5 Å². The number of nitrogens with zero attached hydrogens (tertiary/aromatic N) is 6. The monoisotopic (exact) mass is 462 g/mol. The quantitative estimate of drug-likeness (QED) is 0.484. The predicted octanol–water partition coefficient (Wildman–Crippen LogP) is 3.48. The number of urea groups is 1. The van der Waals surface area contributed by atoms with Crippen molar-refractivity contribution in [2.75, 3.05) is 24.5 Å². The lowest BCUT2D eigenvalue weighted by Crippen LogP contribution is -2.57. The van der Waals surface area contributed by atoms with E-state index >= 15 is 0 Å². The molecule has 0 spiro atoms. The van der Waals surface area contributed by atoms with E-state index in [4.69, 9.17) is 0 Å². The topological polar surface area (TPSA) is 95.0 Å². The molecule has 0 saturated carbocycles. The zero-order valence-corrected chi connectivity index (χ0v) is 19.4. The number of nitrogens with one attached hydrogen (secondary N) is 2. The van der Waals surface area contributed by atoms with Crippen LogP contribution in [-0.4, -0.2) is 61.3 Å². The number of aromatic amines is 1. The molecule has 10 heteroatoms. The maximum Gasteiger partial charge on any atom is 0.318 e. The summed E-state index contributed by atoms with van der Waals surface area (Å²) in [6.07, 6.45) is 5.32. The van der Waals surface area contributed by atoms with Gasteiger partial charge in [0.15, 0.2) is 0 Å². The first-order valence-electron chi connectivity index (χ1n) is 11.3. The van der Waals surface area contributed by atoms with Gasteiger partial charge in [-0.15, -0.1) is 0 Å². The molecule has 0 bridgehead atoms. The average Bonchev–Trinajstić information content (AvgIpc) is 3.45. The molecule has 1 fully saturated rings. The van der Waals surface area contributed by atoms with Gasteiger partial charge in [0.2, 0.25) is 0 Å².